The van der Waals surface area contributed by atoms with E-state index in [9.17, 15) is 9.18 Å². The number of benzene rings is 2. The number of hydrogen-bond donors (Lipinski definition) is 3. The van der Waals surface area contributed by atoms with Gasteiger partial charge in [-0.1, -0.05) is 48.5 Å². The molecule has 0 fully saturated rings. The van der Waals surface area contributed by atoms with Gasteiger partial charge < -0.3 is 15.8 Å². The molecule has 2 heterocycles. The van der Waals surface area contributed by atoms with Gasteiger partial charge in [-0.3, -0.25) is 10.2 Å². The van der Waals surface area contributed by atoms with Crippen molar-refractivity contribution < 1.29 is 13.9 Å². The molecule has 2 aromatic carbocycles. The minimum absolute atomic E-state index is 0.122. The number of aromatic nitrogens is 1. The normalized spacial score (nSPS) is 15.9. The van der Waals surface area contributed by atoms with Crippen molar-refractivity contribution in [3.63, 3.8) is 0 Å². The Bertz CT molecular complexity index is 1210. The molecule has 1 unspecified atom stereocenters. The molecule has 0 spiro atoms. The van der Waals surface area contributed by atoms with Crippen molar-refractivity contribution in [3.05, 3.63) is 95.6 Å². The zero-order valence-corrected chi connectivity index (χ0v) is 16.1. The SMILES string of the molecule is N=C(OC(N)=NC1N=C(c2ccccc2)c2ccccc2NC1=O)c1ccnc(F)c1. The lowest BCUT2D eigenvalue weighted by molar-refractivity contribution is -0.117. The molecule has 0 bridgehead atoms. The van der Waals surface area contributed by atoms with E-state index in [1.54, 1.807) is 12.1 Å². The number of halogens is 1. The first kappa shape index (κ1) is 19.9. The molecular formula is C22H17FN6O2. The predicted octanol–water partition coefficient (Wildman–Crippen LogP) is 2.69. The monoisotopic (exact) mass is 416 g/mol. The number of ether oxygens (including phenoxy) is 1. The lowest BCUT2D eigenvalue weighted by Crippen LogP contribution is -2.29. The summed E-state index contributed by atoms with van der Waals surface area (Å²) in [4.78, 5) is 24.7. The molecule has 4 rings (SSSR count). The molecular weight excluding hydrogens is 399 g/mol. The Hall–Kier alpha value is -4.40. The van der Waals surface area contributed by atoms with Crippen LogP contribution in [0.2, 0.25) is 0 Å². The van der Waals surface area contributed by atoms with Crippen molar-refractivity contribution in [2.45, 2.75) is 6.17 Å². The highest BCUT2D eigenvalue weighted by Crippen LogP contribution is 2.24. The van der Waals surface area contributed by atoms with Crippen LogP contribution in [0.3, 0.4) is 0 Å². The molecule has 1 amide bonds. The molecule has 1 aliphatic heterocycles. The average molecular weight is 416 g/mol. The van der Waals surface area contributed by atoms with Gasteiger partial charge in [-0.25, -0.2) is 9.98 Å². The van der Waals surface area contributed by atoms with Gasteiger partial charge in [0.05, 0.1) is 11.4 Å². The van der Waals surface area contributed by atoms with Crippen molar-refractivity contribution >= 4 is 29.2 Å². The second-order valence-corrected chi connectivity index (χ2v) is 6.52. The molecule has 154 valence electrons. The molecule has 0 saturated heterocycles. The fourth-order valence-corrected chi connectivity index (χ4v) is 3.01. The second kappa shape index (κ2) is 8.54. The van der Waals surface area contributed by atoms with Crippen LogP contribution in [0.1, 0.15) is 16.7 Å². The number of para-hydroxylation sites is 1. The number of pyridine rings is 1. The molecule has 1 aliphatic rings. The van der Waals surface area contributed by atoms with E-state index in [0.717, 1.165) is 17.2 Å². The minimum Gasteiger partial charge on any atom is -0.407 e. The average Bonchev–Trinajstić information content (AvgIpc) is 2.90. The molecule has 0 saturated carbocycles. The molecule has 8 nitrogen and oxygen atoms in total. The highest BCUT2D eigenvalue weighted by molar-refractivity contribution is 6.19. The molecule has 1 aromatic heterocycles. The number of amides is 1. The van der Waals surface area contributed by atoms with Crippen LogP contribution in [-0.2, 0) is 9.53 Å². The second-order valence-electron chi connectivity index (χ2n) is 6.52. The number of hydrogen-bond acceptors (Lipinski definition) is 6. The summed E-state index contributed by atoms with van der Waals surface area (Å²) in [5, 5.41) is 10.7. The molecule has 1 atom stereocenters. The maximum absolute atomic E-state index is 13.3. The number of nitrogens with one attached hydrogen (secondary N) is 2. The summed E-state index contributed by atoms with van der Waals surface area (Å²) in [6, 6.07) is 18.6. The number of nitrogens with two attached hydrogens (primary N) is 1. The zero-order valence-electron chi connectivity index (χ0n) is 16.1. The van der Waals surface area contributed by atoms with Gasteiger partial charge in [0.15, 0.2) is 0 Å². The Balaban J connectivity index is 1.67. The summed E-state index contributed by atoms with van der Waals surface area (Å²) in [6.45, 7) is 0. The highest BCUT2D eigenvalue weighted by Gasteiger charge is 2.26. The molecule has 31 heavy (non-hydrogen) atoms. The van der Waals surface area contributed by atoms with Gasteiger partial charge in [-0.15, -0.1) is 0 Å². The predicted molar refractivity (Wildman–Crippen MR) is 115 cm³/mol. The topological polar surface area (TPSA) is 126 Å². The molecule has 0 radical (unpaired) electrons. The fourth-order valence-electron chi connectivity index (χ4n) is 3.01. The minimum atomic E-state index is -1.25. The van der Waals surface area contributed by atoms with Gasteiger partial charge in [0.2, 0.25) is 18.0 Å². The first-order valence-corrected chi connectivity index (χ1v) is 9.26. The summed E-state index contributed by atoms with van der Waals surface area (Å²) >= 11 is 0. The number of carbonyl (C=O) groups excluding carboxylic acids is 1. The maximum Gasteiger partial charge on any atom is 0.291 e. The number of aliphatic imine (C=N–C) groups is 2. The van der Waals surface area contributed by atoms with E-state index < -0.39 is 29.9 Å². The van der Waals surface area contributed by atoms with E-state index in [4.69, 9.17) is 15.9 Å². The first-order valence-electron chi connectivity index (χ1n) is 9.26. The van der Waals surface area contributed by atoms with Gasteiger partial charge in [-0.2, -0.15) is 9.38 Å². The van der Waals surface area contributed by atoms with Crippen LogP contribution in [0.5, 0.6) is 0 Å². The lowest BCUT2D eigenvalue weighted by atomic mass is 10.0. The van der Waals surface area contributed by atoms with Gasteiger partial charge >= 0.3 is 0 Å². The first-order chi connectivity index (χ1) is 15.0. The third kappa shape index (κ3) is 4.45. The summed E-state index contributed by atoms with van der Waals surface area (Å²) < 4.78 is 18.4. The Morgan fingerprint density at radius 3 is 2.65 bits per heavy atom. The fraction of sp³-hybridized carbons (Fsp3) is 0.0455. The Morgan fingerprint density at radius 1 is 1.13 bits per heavy atom. The number of nitrogens with zero attached hydrogens (tertiary/aromatic N) is 3. The van der Waals surface area contributed by atoms with Crippen molar-refractivity contribution in [2.75, 3.05) is 5.32 Å². The number of fused-ring (bicyclic) bond motifs is 1. The summed E-state index contributed by atoms with van der Waals surface area (Å²) in [7, 11) is 0. The third-order valence-corrected chi connectivity index (χ3v) is 4.42. The quantitative estimate of drug-likeness (QED) is 0.345. The van der Waals surface area contributed by atoms with Gasteiger partial charge in [0.1, 0.15) is 0 Å². The van der Waals surface area contributed by atoms with Gasteiger partial charge in [0.25, 0.3) is 11.9 Å². The van der Waals surface area contributed by atoms with E-state index in [2.05, 4.69) is 20.3 Å². The Morgan fingerprint density at radius 2 is 1.87 bits per heavy atom. The summed E-state index contributed by atoms with van der Waals surface area (Å²) in [6.07, 6.45) is -0.0490. The molecule has 3 aromatic rings. The van der Waals surface area contributed by atoms with E-state index in [0.29, 0.717) is 11.4 Å². The number of rotatable bonds is 3. The number of benzodiazepines with no additional fused rings is 1. The molecule has 0 aliphatic carbocycles. The zero-order chi connectivity index (χ0) is 21.8. The van der Waals surface area contributed by atoms with Crippen molar-refractivity contribution in [1.82, 2.24) is 4.98 Å². The van der Waals surface area contributed by atoms with Crippen molar-refractivity contribution in [3.8, 4) is 0 Å². The highest BCUT2D eigenvalue weighted by atomic mass is 19.1. The van der Waals surface area contributed by atoms with Crippen LogP contribution in [0.4, 0.5) is 10.1 Å². The van der Waals surface area contributed by atoms with Crippen LogP contribution in [0.25, 0.3) is 0 Å². The number of carbonyl (C=O) groups is 1. The van der Waals surface area contributed by atoms with E-state index in [1.807, 2.05) is 42.5 Å². The Kier molecular flexibility index (Phi) is 5.48. The molecule has 9 heteroatoms. The van der Waals surface area contributed by atoms with Crippen molar-refractivity contribution in [1.29, 1.82) is 5.41 Å². The van der Waals surface area contributed by atoms with Crippen LogP contribution in [0, 0.1) is 11.4 Å². The third-order valence-electron chi connectivity index (χ3n) is 4.42. The summed E-state index contributed by atoms with van der Waals surface area (Å²) in [5.41, 5.74) is 8.61. The van der Waals surface area contributed by atoms with Crippen LogP contribution < -0.4 is 11.1 Å². The van der Waals surface area contributed by atoms with Crippen LogP contribution in [0.15, 0.2) is 82.9 Å². The summed E-state index contributed by atoms with van der Waals surface area (Å²) in [5.74, 6) is -1.71. The number of amidine groups is 1. The number of anilines is 1. The van der Waals surface area contributed by atoms with Crippen molar-refractivity contribution in [2.24, 2.45) is 15.7 Å². The lowest BCUT2D eigenvalue weighted by Gasteiger charge is -2.10. The van der Waals surface area contributed by atoms with E-state index in [1.165, 1.54) is 12.3 Å². The Labute approximate surface area is 176 Å². The van der Waals surface area contributed by atoms with Gasteiger partial charge in [0, 0.05) is 29.0 Å². The van der Waals surface area contributed by atoms with E-state index in [-0.39, 0.29) is 5.56 Å². The van der Waals surface area contributed by atoms with Crippen LogP contribution in [-0.4, -0.2) is 34.7 Å². The van der Waals surface area contributed by atoms with Gasteiger partial charge in [-0.05, 0) is 12.1 Å². The smallest absolute Gasteiger partial charge is 0.291 e. The molecule has 4 N–H and O–H groups in total. The largest absolute Gasteiger partial charge is 0.407 e. The standard InChI is InChI=1S/C22H17FN6O2/c23-17-12-14(10-11-26-17)19(24)31-22(25)29-20-21(30)27-16-9-5-4-8-15(16)18(28-20)13-6-2-1-3-7-13/h1-12,20,24H,(H2,25,29)(H,27,30). The van der Waals surface area contributed by atoms with Crippen LogP contribution >= 0.6 is 0 Å². The van der Waals surface area contributed by atoms with E-state index >= 15 is 0 Å². The maximum atomic E-state index is 13.3.